The fraction of sp³-hybridized carbons (Fsp3) is 0.0714. The van der Waals surface area contributed by atoms with Crippen molar-refractivity contribution in [1.29, 1.82) is 0 Å². The molecule has 0 fully saturated rings. The quantitative estimate of drug-likeness (QED) is 0.267. The monoisotopic (exact) mass is 593 g/mol. The molecule has 11 nitrogen and oxygen atoms in total. The van der Waals surface area contributed by atoms with E-state index in [0.717, 1.165) is 12.1 Å². The predicted molar refractivity (Wildman–Crippen MR) is 150 cm³/mol. The first kappa shape index (κ1) is 28.2. The highest BCUT2D eigenvalue weighted by Gasteiger charge is 2.22. The summed E-state index contributed by atoms with van der Waals surface area (Å²) in [5, 5.41) is 0.185. The van der Waals surface area contributed by atoms with Crippen LogP contribution in [0.15, 0.2) is 82.6 Å². The third-order valence-electron chi connectivity index (χ3n) is 6.25. The van der Waals surface area contributed by atoms with Gasteiger partial charge >= 0.3 is 5.97 Å². The number of methoxy groups -OCH3 is 2. The van der Waals surface area contributed by atoms with Crippen LogP contribution in [-0.2, 0) is 14.8 Å². The fourth-order valence-corrected chi connectivity index (χ4v) is 5.34. The molecule has 214 valence electrons. The molecule has 3 aromatic carbocycles. The Hall–Kier alpha value is -5.37. The number of nitrogens with one attached hydrogen (secondary N) is 1. The summed E-state index contributed by atoms with van der Waals surface area (Å²) in [5.74, 6) is -2.94. The second kappa shape index (κ2) is 10.9. The lowest BCUT2D eigenvalue weighted by Crippen LogP contribution is -2.23. The summed E-state index contributed by atoms with van der Waals surface area (Å²) in [7, 11) is -1.98. The standard InChI is InChI=1S/C28H21F2N5O6S/c1-40-25-23(34-42(38,39)24-10-6-18(29)13-21(24)30)12-17(14-32-25)16-5-9-22-20(11-16)26(36)35(28(31)33-22)19-7-3-15(4-8-19)27(37)41-2/h3-14,34H,1-2H3,(H2,31,33). The number of hydrogen-bond donors (Lipinski definition) is 2. The number of halogens is 2. The molecular formula is C28H21F2N5O6S. The SMILES string of the molecule is COC(=O)c1ccc(-n2c(N)nc3ccc(-c4cnc(OC)c(NS(=O)(=O)c5ccc(F)cc5F)c4)cc3c2=O)cc1. The van der Waals surface area contributed by atoms with Crippen LogP contribution >= 0.6 is 0 Å². The molecule has 0 bridgehead atoms. The third kappa shape index (κ3) is 5.22. The summed E-state index contributed by atoms with van der Waals surface area (Å²) in [6, 6.07) is 14.2. The number of hydrogen-bond acceptors (Lipinski definition) is 9. The number of benzene rings is 3. The molecule has 42 heavy (non-hydrogen) atoms. The van der Waals surface area contributed by atoms with Crippen molar-refractivity contribution in [2.45, 2.75) is 4.90 Å². The zero-order chi connectivity index (χ0) is 30.2. The molecule has 2 aromatic heterocycles. The number of pyridine rings is 1. The van der Waals surface area contributed by atoms with E-state index in [0.29, 0.717) is 28.4 Å². The Kier molecular flexibility index (Phi) is 7.31. The van der Waals surface area contributed by atoms with E-state index in [2.05, 4.69) is 14.7 Å². The highest BCUT2D eigenvalue weighted by molar-refractivity contribution is 7.92. The summed E-state index contributed by atoms with van der Waals surface area (Å²) in [6.07, 6.45) is 1.39. The van der Waals surface area contributed by atoms with Crippen molar-refractivity contribution >= 4 is 38.5 Å². The van der Waals surface area contributed by atoms with E-state index in [-0.39, 0.29) is 28.5 Å². The molecule has 2 heterocycles. The van der Waals surface area contributed by atoms with Gasteiger partial charge in [-0.2, -0.15) is 0 Å². The minimum absolute atomic E-state index is 0.0816. The third-order valence-corrected chi connectivity index (χ3v) is 7.65. The Morgan fingerprint density at radius 1 is 0.976 bits per heavy atom. The maximum absolute atomic E-state index is 14.2. The van der Waals surface area contributed by atoms with Crippen molar-refractivity contribution in [3.05, 3.63) is 100 Å². The normalized spacial score (nSPS) is 11.3. The molecule has 0 radical (unpaired) electrons. The van der Waals surface area contributed by atoms with E-state index in [9.17, 15) is 26.8 Å². The lowest BCUT2D eigenvalue weighted by Gasteiger charge is -2.14. The molecule has 0 atom stereocenters. The number of nitrogen functional groups attached to an aromatic ring is 1. The number of anilines is 2. The van der Waals surface area contributed by atoms with Gasteiger partial charge in [-0.05, 0) is 60.2 Å². The summed E-state index contributed by atoms with van der Waals surface area (Å²) < 4.78 is 66.6. The van der Waals surface area contributed by atoms with Crippen LogP contribution in [0.2, 0.25) is 0 Å². The first-order chi connectivity index (χ1) is 20.0. The number of nitrogens with zero attached hydrogens (tertiary/aromatic N) is 3. The van der Waals surface area contributed by atoms with Crippen LogP contribution < -0.4 is 20.8 Å². The Balaban J connectivity index is 1.57. The highest BCUT2D eigenvalue weighted by atomic mass is 32.2. The molecule has 0 aliphatic rings. The van der Waals surface area contributed by atoms with Gasteiger partial charge in [-0.1, -0.05) is 6.07 Å². The van der Waals surface area contributed by atoms with E-state index in [1.165, 1.54) is 61.4 Å². The number of carbonyl (C=O) groups excluding carboxylic acids is 1. The van der Waals surface area contributed by atoms with Crippen LogP contribution in [-0.4, -0.2) is 43.1 Å². The number of sulfonamides is 1. The van der Waals surface area contributed by atoms with Gasteiger partial charge in [-0.15, -0.1) is 0 Å². The molecular weight excluding hydrogens is 572 g/mol. The molecule has 5 rings (SSSR count). The van der Waals surface area contributed by atoms with Crippen molar-refractivity contribution in [3.8, 4) is 22.7 Å². The lowest BCUT2D eigenvalue weighted by atomic mass is 10.0. The first-order valence-corrected chi connectivity index (χ1v) is 13.5. The lowest BCUT2D eigenvalue weighted by molar-refractivity contribution is 0.0600. The van der Waals surface area contributed by atoms with Crippen molar-refractivity contribution in [2.75, 3.05) is 24.7 Å². The van der Waals surface area contributed by atoms with E-state index >= 15 is 0 Å². The second-order valence-corrected chi connectivity index (χ2v) is 10.5. The molecule has 3 N–H and O–H groups in total. The van der Waals surface area contributed by atoms with Gasteiger partial charge in [-0.25, -0.2) is 36.5 Å². The molecule has 0 aliphatic heterocycles. The second-order valence-electron chi connectivity index (χ2n) is 8.84. The van der Waals surface area contributed by atoms with E-state index < -0.39 is 38.1 Å². The van der Waals surface area contributed by atoms with Gasteiger partial charge in [0, 0.05) is 17.8 Å². The van der Waals surface area contributed by atoms with Crippen molar-refractivity contribution < 1.29 is 31.5 Å². The van der Waals surface area contributed by atoms with Crippen LogP contribution in [0.3, 0.4) is 0 Å². The maximum Gasteiger partial charge on any atom is 0.337 e. The highest BCUT2D eigenvalue weighted by Crippen LogP contribution is 2.31. The van der Waals surface area contributed by atoms with Gasteiger partial charge in [0.2, 0.25) is 11.8 Å². The minimum Gasteiger partial charge on any atom is -0.480 e. The van der Waals surface area contributed by atoms with Crippen LogP contribution in [0.4, 0.5) is 20.4 Å². The number of ether oxygens (including phenoxy) is 2. The maximum atomic E-state index is 14.2. The van der Waals surface area contributed by atoms with Crippen molar-refractivity contribution in [1.82, 2.24) is 14.5 Å². The Labute approximate surface area is 237 Å². The Morgan fingerprint density at radius 3 is 2.38 bits per heavy atom. The topological polar surface area (TPSA) is 156 Å². The van der Waals surface area contributed by atoms with Gasteiger partial charge in [0.1, 0.15) is 22.2 Å². The largest absolute Gasteiger partial charge is 0.480 e. The summed E-state index contributed by atoms with van der Waals surface area (Å²) in [4.78, 5) is 33.0. The van der Waals surface area contributed by atoms with Gasteiger partial charge in [-0.3, -0.25) is 9.52 Å². The van der Waals surface area contributed by atoms with Gasteiger partial charge < -0.3 is 15.2 Å². The Bertz CT molecular complexity index is 2030. The molecule has 0 amide bonds. The summed E-state index contributed by atoms with van der Waals surface area (Å²) >= 11 is 0. The molecule has 0 unspecified atom stereocenters. The predicted octanol–water partition coefficient (Wildman–Crippen LogP) is 3.90. The molecule has 0 spiro atoms. The number of rotatable bonds is 7. The van der Waals surface area contributed by atoms with E-state index in [1.54, 1.807) is 12.1 Å². The van der Waals surface area contributed by atoms with E-state index in [1.807, 2.05) is 0 Å². The van der Waals surface area contributed by atoms with Crippen LogP contribution in [0.25, 0.3) is 27.7 Å². The summed E-state index contributed by atoms with van der Waals surface area (Å²) in [6.45, 7) is 0. The molecule has 5 aromatic rings. The zero-order valence-electron chi connectivity index (χ0n) is 22.0. The zero-order valence-corrected chi connectivity index (χ0v) is 22.8. The van der Waals surface area contributed by atoms with Crippen LogP contribution in [0.1, 0.15) is 10.4 Å². The number of aromatic nitrogens is 3. The molecule has 0 saturated heterocycles. The molecule has 0 aliphatic carbocycles. The Morgan fingerprint density at radius 2 is 1.71 bits per heavy atom. The molecule has 14 heteroatoms. The smallest absolute Gasteiger partial charge is 0.337 e. The van der Waals surface area contributed by atoms with Gasteiger partial charge in [0.25, 0.3) is 15.6 Å². The average molecular weight is 594 g/mol. The minimum atomic E-state index is -4.50. The number of carbonyl (C=O) groups is 1. The average Bonchev–Trinajstić information content (AvgIpc) is 2.96. The number of nitrogens with two attached hydrogens (primary N) is 1. The molecule has 0 saturated carbocycles. The van der Waals surface area contributed by atoms with E-state index in [4.69, 9.17) is 15.2 Å². The van der Waals surface area contributed by atoms with Crippen molar-refractivity contribution in [2.24, 2.45) is 0 Å². The summed E-state index contributed by atoms with van der Waals surface area (Å²) in [5.41, 5.74) is 7.25. The number of esters is 1. The fourth-order valence-electron chi connectivity index (χ4n) is 4.24. The van der Waals surface area contributed by atoms with Gasteiger partial charge in [0.05, 0.1) is 36.4 Å². The van der Waals surface area contributed by atoms with Crippen molar-refractivity contribution in [3.63, 3.8) is 0 Å². The number of fused-ring (bicyclic) bond motifs is 1. The first-order valence-electron chi connectivity index (χ1n) is 12.1. The van der Waals surface area contributed by atoms with Gasteiger partial charge in [0.15, 0.2) is 0 Å². The van der Waals surface area contributed by atoms with Crippen LogP contribution in [0.5, 0.6) is 5.88 Å². The van der Waals surface area contributed by atoms with Crippen LogP contribution in [0, 0.1) is 11.6 Å².